The molecule has 4 heteroatoms. The number of halogens is 1. The maximum absolute atomic E-state index is 11.8. The quantitative estimate of drug-likeness (QED) is 0.0579. The summed E-state index contributed by atoms with van der Waals surface area (Å²) in [4.78, 5) is 11.8. The van der Waals surface area contributed by atoms with Gasteiger partial charge in [-0.15, -0.1) is 0 Å². The first-order valence-corrected chi connectivity index (χ1v) is 19.2. The molecule has 0 N–H and O–H groups in total. The molecule has 1 rings (SSSR count). The molecule has 0 bridgehead atoms. The van der Waals surface area contributed by atoms with Crippen molar-refractivity contribution in [2.75, 3.05) is 13.2 Å². The zero-order chi connectivity index (χ0) is 31.1. The number of benzene rings is 1. The third-order valence-corrected chi connectivity index (χ3v) is 8.86. The minimum absolute atomic E-state index is 0.441. The van der Waals surface area contributed by atoms with Crippen molar-refractivity contribution in [3.63, 3.8) is 0 Å². The SMILES string of the molecule is CCCCCCCCCCCCCCCCOc1cc(OCCCCCCCCCCCCCCCC)cc(C(=O)Cl)c1. The lowest BCUT2D eigenvalue weighted by Gasteiger charge is -2.11. The van der Waals surface area contributed by atoms with Crippen molar-refractivity contribution in [3.8, 4) is 11.5 Å². The molecule has 0 aliphatic rings. The van der Waals surface area contributed by atoms with Gasteiger partial charge in [0.25, 0.3) is 5.24 Å². The molecule has 0 heterocycles. The van der Waals surface area contributed by atoms with E-state index in [9.17, 15) is 4.79 Å². The van der Waals surface area contributed by atoms with E-state index in [2.05, 4.69) is 13.8 Å². The minimum Gasteiger partial charge on any atom is -0.493 e. The van der Waals surface area contributed by atoms with Crippen LogP contribution >= 0.6 is 11.6 Å². The van der Waals surface area contributed by atoms with Gasteiger partial charge >= 0.3 is 0 Å². The second kappa shape index (κ2) is 30.8. The molecular formula is C39H69ClO3. The molecule has 0 saturated heterocycles. The Kier molecular flexibility index (Phi) is 28.5. The average molecular weight is 621 g/mol. The predicted octanol–water partition coefficient (Wildman–Crippen LogP) is 13.8. The molecule has 0 amide bonds. The summed E-state index contributed by atoms with van der Waals surface area (Å²) in [6, 6.07) is 5.37. The van der Waals surface area contributed by atoms with Crippen LogP contribution in [0.3, 0.4) is 0 Å². The number of carbonyl (C=O) groups is 1. The highest BCUT2D eigenvalue weighted by Gasteiger charge is 2.09. The highest BCUT2D eigenvalue weighted by molar-refractivity contribution is 6.67. The van der Waals surface area contributed by atoms with Gasteiger partial charge in [-0.1, -0.05) is 181 Å². The van der Waals surface area contributed by atoms with Crippen molar-refractivity contribution in [1.29, 1.82) is 0 Å². The average Bonchev–Trinajstić information content (AvgIpc) is 3.01. The monoisotopic (exact) mass is 620 g/mol. The van der Waals surface area contributed by atoms with Crippen LogP contribution in [0.25, 0.3) is 0 Å². The smallest absolute Gasteiger partial charge is 0.252 e. The Morgan fingerprint density at radius 2 is 0.698 bits per heavy atom. The minimum atomic E-state index is -0.469. The molecule has 250 valence electrons. The fraction of sp³-hybridized carbons (Fsp3) is 0.821. The van der Waals surface area contributed by atoms with E-state index in [1.54, 1.807) is 12.1 Å². The molecule has 0 radical (unpaired) electrons. The van der Waals surface area contributed by atoms with Gasteiger partial charge in [-0.3, -0.25) is 4.79 Å². The second-order valence-corrected chi connectivity index (χ2v) is 13.2. The summed E-state index contributed by atoms with van der Waals surface area (Å²) in [6.07, 6.45) is 37.6. The van der Waals surface area contributed by atoms with E-state index in [-0.39, 0.29) is 0 Å². The van der Waals surface area contributed by atoms with Crippen molar-refractivity contribution < 1.29 is 14.3 Å². The van der Waals surface area contributed by atoms with Crippen molar-refractivity contribution in [2.45, 2.75) is 194 Å². The molecule has 0 aliphatic heterocycles. The Hall–Kier alpha value is -1.22. The van der Waals surface area contributed by atoms with E-state index >= 15 is 0 Å². The molecule has 0 aromatic heterocycles. The van der Waals surface area contributed by atoms with E-state index in [0.717, 1.165) is 12.8 Å². The third kappa shape index (κ3) is 25.8. The Labute approximate surface area is 272 Å². The van der Waals surface area contributed by atoms with Gasteiger partial charge in [-0.2, -0.15) is 0 Å². The van der Waals surface area contributed by atoms with Crippen molar-refractivity contribution in [1.82, 2.24) is 0 Å². The molecule has 0 aliphatic carbocycles. The van der Waals surface area contributed by atoms with E-state index in [1.165, 1.54) is 167 Å². The Bertz CT molecular complexity index is 698. The predicted molar refractivity (Wildman–Crippen MR) is 188 cm³/mol. The molecule has 0 fully saturated rings. The van der Waals surface area contributed by atoms with Crippen LogP contribution < -0.4 is 9.47 Å². The summed E-state index contributed by atoms with van der Waals surface area (Å²) < 4.78 is 12.0. The van der Waals surface area contributed by atoms with Crippen molar-refractivity contribution >= 4 is 16.8 Å². The van der Waals surface area contributed by atoms with Crippen LogP contribution in [0.4, 0.5) is 0 Å². The molecule has 0 atom stereocenters. The fourth-order valence-electron chi connectivity index (χ4n) is 5.83. The lowest BCUT2D eigenvalue weighted by molar-refractivity contribution is 0.108. The normalized spacial score (nSPS) is 11.2. The number of hydrogen-bond donors (Lipinski definition) is 0. The van der Waals surface area contributed by atoms with Crippen molar-refractivity contribution in [3.05, 3.63) is 23.8 Å². The Balaban J connectivity index is 2.05. The van der Waals surface area contributed by atoms with Gasteiger partial charge in [0.05, 0.1) is 13.2 Å². The van der Waals surface area contributed by atoms with Gasteiger partial charge in [0.15, 0.2) is 0 Å². The summed E-state index contributed by atoms with van der Waals surface area (Å²) in [5.74, 6) is 1.36. The number of ether oxygens (including phenoxy) is 2. The van der Waals surface area contributed by atoms with E-state index in [4.69, 9.17) is 21.1 Å². The van der Waals surface area contributed by atoms with E-state index in [0.29, 0.717) is 30.3 Å². The molecule has 0 spiro atoms. The standard InChI is InChI=1S/C39H69ClO3/c1-3-5-7-9-11-13-15-17-19-21-23-25-27-29-31-42-37-33-36(39(40)41)34-38(35-37)43-32-30-28-26-24-22-20-18-16-14-12-10-8-6-4-2/h33-35H,3-32H2,1-2H3. The summed E-state index contributed by atoms with van der Waals surface area (Å²) in [6.45, 7) is 5.89. The molecule has 3 nitrogen and oxygen atoms in total. The zero-order valence-electron chi connectivity index (χ0n) is 28.5. The summed E-state index contributed by atoms with van der Waals surface area (Å²) in [5.41, 5.74) is 0.441. The highest BCUT2D eigenvalue weighted by atomic mass is 35.5. The number of rotatable bonds is 33. The lowest BCUT2D eigenvalue weighted by atomic mass is 10.0. The fourth-order valence-corrected chi connectivity index (χ4v) is 5.93. The first-order chi connectivity index (χ1) is 21.2. The summed E-state index contributed by atoms with van der Waals surface area (Å²) >= 11 is 5.79. The lowest BCUT2D eigenvalue weighted by Crippen LogP contribution is -2.02. The van der Waals surface area contributed by atoms with Gasteiger partial charge in [0.2, 0.25) is 0 Å². The van der Waals surface area contributed by atoms with E-state index < -0.39 is 5.24 Å². The van der Waals surface area contributed by atoms with Crippen LogP contribution in [0.1, 0.15) is 204 Å². The Morgan fingerprint density at radius 3 is 0.953 bits per heavy atom. The largest absolute Gasteiger partial charge is 0.493 e. The van der Waals surface area contributed by atoms with Crippen LogP contribution in [0.2, 0.25) is 0 Å². The number of hydrogen-bond acceptors (Lipinski definition) is 3. The third-order valence-electron chi connectivity index (χ3n) is 8.64. The molecule has 43 heavy (non-hydrogen) atoms. The second-order valence-electron chi connectivity index (χ2n) is 12.9. The summed E-state index contributed by atoms with van der Waals surface area (Å²) in [7, 11) is 0. The van der Waals surface area contributed by atoms with Gasteiger partial charge in [0, 0.05) is 11.6 Å². The van der Waals surface area contributed by atoms with Crippen molar-refractivity contribution in [2.24, 2.45) is 0 Å². The maximum Gasteiger partial charge on any atom is 0.252 e. The van der Waals surface area contributed by atoms with Crippen LogP contribution in [-0.4, -0.2) is 18.5 Å². The van der Waals surface area contributed by atoms with Crippen LogP contribution in [0.5, 0.6) is 11.5 Å². The first-order valence-electron chi connectivity index (χ1n) is 18.8. The highest BCUT2D eigenvalue weighted by Crippen LogP contribution is 2.25. The number of unbranched alkanes of at least 4 members (excludes halogenated alkanes) is 26. The Morgan fingerprint density at radius 1 is 0.442 bits per heavy atom. The topological polar surface area (TPSA) is 35.5 Å². The molecule has 0 saturated carbocycles. The van der Waals surface area contributed by atoms with E-state index in [1.807, 2.05) is 6.07 Å². The molecule has 1 aromatic carbocycles. The zero-order valence-corrected chi connectivity index (χ0v) is 29.3. The van der Waals surface area contributed by atoms with Gasteiger partial charge in [0.1, 0.15) is 11.5 Å². The molecular weight excluding hydrogens is 552 g/mol. The van der Waals surface area contributed by atoms with Crippen LogP contribution in [0, 0.1) is 0 Å². The first kappa shape index (κ1) is 39.8. The molecule has 0 unspecified atom stereocenters. The van der Waals surface area contributed by atoms with Gasteiger partial charge in [-0.05, 0) is 36.6 Å². The maximum atomic E-state index is 11.8. The van der Waals surface area contributed by atoms with Gasteiger partial charge in [-0.25, -0.2) is 0 Å². The summed E-state index contributed by atoms with van der Waals surface area (Å²) in [5, 5.41) is -0.469. The van der Waals surface area contributed by atoms with Crippen LogP contribution in [-0.2, 0) is 0 Å². The molecule has 1 aromatic rings. The number of carbonyl (C=O) groups excluding carboxylic acids is 1. The van der Waals surface area contributed by atoms with Crippen LogP contribution in [0.15, 0.2) is 18.2 Å². The van der Waals surface area contributed by atoms with Gasteiger partial charge < -0.3 is 9.47 Å².